The standard InChI is InChI=1S/C17H22ClN5O2/c18-12-1-2-13-14(9-12)22-16(21-13)3-6-20-17(25)11-4-7-23(8-5-11)10-15(19)24/h1-2,9,11H,3-8,10H2,(H2,19,24)(H,20,25)(H,21,22). The highest BCUT2D eigenvalue weighted by Crippen LogP contribution is 2.18. The van der Waals surface area contributed by atoms with Gasteiger partial charge in [-0.1, -0.05) is 11.6 Å². The van der Waals surface area contributed by atoms with Gasteiger partial charge in [-0.3, -0.25) is 14.5 Å². The van der Waals surface area contributed by atoms with Crippen LogP contribution in [0.2, 0.25) is 5.02 Å². The first-order valence-corrected chi connectivity index (χ1v) is 8.81. The van der Waals surface area contributed by atoms with E-state index in [9.17, 15) is 9.59 Å². The van der Waals surface area contributed by atoms with Crippen LogP contribution in [-0.4, -0.2) is 52.9 Å². The number of aromatic amines is 1. The number of aromatic nitrogens is 2. The highest BCUT2D eigenvalue weighted by atomic mass is 35.5. The number of fused-ring (bicyclic) bond motifs is 1. The Morgan fingerprint density at radius 2 is 2.12 bits per heavy atom. The van der Waals surface area contributed by atoms with Gasteiger partial charge in [-0.2, -0.15) is 0 Å². The van der Waals surface area contributed by atoms with Crippen LogP contribution in [0.3, 0.4) is 0 Å². The second-order valence-corrected chi connectivity index (χ2v) is 6.84. The monoisotopic (exact) mass is 363 g/mol. The van der Waals surface area contributed by atoms with Crippen LogP contribution in [-0.2, 0) is 16.0 Å². The van der Waals surface area contributed by atoms with Gasteiger partial charge in [0.25, 0.3) is 0 Å². The number of nitrogens with one attached hydrogen (secondary N) is 2. The average Bonchev–Trinajstić information content (AvgIpc) is 2.96. The Bertz CT molecular complexity index is 767. The molecular weight excluding hydrogens is 342 g/mol. The maximum absolute atomic E-state index is 12.3. The van der Waals surface area contributed by atoms with Crippen molar-refractivity contribution in [2.24, 2.45) is 11.7 Å². The number of piperidine rings is 1. The van der Waals surface area contributed by atoms with Crippen molar-refractivity contribution in [3.05, 3.63) is 29.0 Å². The summed E-state index contributed by atoms with van der Waals surface area (Å²) in [6, 6.07) is 5.52. The molecule has 0 atom stereocenters. The number of amides is 2. The molecule has 3 rings (SSSR count). The molecule has 0 aliphatic carbocycles. The van der Waals surface area contributed by atoms with E-state index in [1.54, 1.807) is 6.07 Å². The van der Waals surface area contributed by atoms with Crippen LogP contribution < -0.4 is 11.1 Å². The highest BCUT2D eigenvalue weighted by Gasteiger charge is 2.25. The van der Waals surface area contributed by atoms with Gasteiger partial charge in [0.2, 0.25) is 11.8 Å². The van der Waals surface area contributed by atoms with Gasteiger partial charge in [-0.15, -0.1) is 0 Å². The van der Waals surface area contributed by atoms with Gasteiger partial charge in [0.05, 0.1) is 17.6 Å². The zero-order chi connectivity index (χ0) is 17.8. The Labute approximate surface area is 150 Å². The molecule has 8 heteroatoms. The van der Waals surface area contributed by atoms with Gasteiger partial charge in [0.1, 0.15) is 5.82 Å². The van der Waals surface area contributed by atoms with Crippen LogP contribution in [0.4, 0.5) is 0 Å². The number of primary amides is 1. The number of halogens is 1. The lowest BCUT2D eigenvalue weighted by Crippen LogP contribution is -2.43. The molecule has 2 heterocycles. The van der Waals surface area contributed by atoms with Crippen molar-refractivity contribution in [1.29, 1.82) is 0 Å². The summed E-state index contributed by atoms with van der Waals surface area (Å²) in [5.74, 6) is 0.570. The first kappa shape index (κ1) is 17.7. The Morgan fingerprint density at radius 1 is 1.36 bits per heavy atom. The number of hydrogen-bond acceptors (Lipinski definition) is 4. The minimum Gasteiger partial charge on any atom is -0.369 e. The molecule has 25 heavy (non-hydrogen) atoms. The van der Waals surface area contributed by atoms with Crippen molar-refractivity contribution in [2.45, 2.75) is 19.3 Å². The molecule has 0 radical (unpaired) electrons. The van der Waals surface area contributed by atoms with E-state index < -0.39 is 0 Å². The number of hydrogen-bond donors (Lipinski definition) is 3. The fourth-order valence-corrected chi connectivity index (χ4v) is 3.35. The second-order valence-electron chi connectivity index (χ2n) is 6.40. The van der Waals surface area contributed by atoms with E-state index in [4.69, 9.17) is 17.3 Å². The largest absolute Gasteiger partial charge is 0.369 e. The lowest BCUT2D eigenvalue weighted by molar-refractivity contribution is -0.126. The maximum atomic E-state index is 12.3. The minimum absolute atomic E-state index is 0.00129. The van der Waals surface area contributed by atoms with Crippen molar-refractivity contribution >= 4 is 34.4 Å². The topological polar surface area (TPSA) is 104 Å². The molecule has 134 valence electrons. The quantitative estimate of drug-likeness (QED) is 0.714. The maximum Gasteiger partial charge on any atom is 0.231 e. The van der Waals surface area contributed by atoms with E-state index in [0.29, 0.717) is 18.0 Å². The predicted molar refractivity (Wildman–Crippen MR) is 96.2 cm³/mol. The molecule has 0 spiro atoms. The number of H-pyrrole nitrogens is 1. The summed E-state index contributed by atoms with van der Waals surface area (Å²) in [5, 5.41) is 3.64. The molecule has 2 amide bonds. The number of imidazole rings is 1. The average molecular weight is 364 g/mol. The number of nitrogens with two attached hydrogens (primary N) is 1. The van der Waals surface area contributed by atoms with Crippen molar-refractivity contribution < 1.29 is 9.59 Å². The number of rotatable bonds is 6. The Hall–Kier alpha value is -2.12. The Morgan fingerprint density at radius 3 is 2.84 bits per heavy atom. The van der Waals surface area contributed by atoms with Crippen molar-refractivity contribution in [1.82, 2.24) is 20.2 Å². The molecular formula is C17H22ClN5O2. The van der Waals surface area contributed by atoms with Crippen molar-refractivity contribution in [3.63, 3.8) is 0 Å². The van der Waals surface area contributed by atoms with E-state index in [1.165, 1.54) is 0 Å². The summed E-state index contributed by atoms with van der Waals surface area (Å²) in [6.45, 7) is 2.26. The lowest BCUT2D eigenvalue weighted by atomic mass is 9.96. The van der Waals surface area contributed by atoms with Crippen LogP contribution in [0.1, 0.15) is 18.7 Å². The number of benzene rings is 1. The van der Waals surface area contributed by atoms with Crippen LogP contribution in [0.15, 0.2) is 18.2 Å². The van der Waals surface area contributed by atoms with Gasteiger partial charge in [0.15, 0.2) is 0 Å². The zero-order valence-corrected chi connectivity index (χ0v) is 14.7. The van der Waals surface area contributed by atoms with Gasteiger partial charge in [-0.25, -0.2) is 4.98 Å². The number of likely N-dealkylation sites (tertiary alicyclic amines) is 1. The van der Waals surface area contributed by atoms with Gasteiger partial charge in [-0.05, 0) is 44.1 Å². The van der Waals surface area contributed by atoms with E-state index >= 15 is 0 Å². The molecule has 2 aromatic rings. The molecule has 1 aliphatic rings. The van der Waals surface area contributed by atoms with Crippen LogP contribution in [0.25, 0.3) is 11.0 Å². The van der Waals surface area contributed by atoms with E-state index in [2.05, 4.69) is 15.3 Å². The lowest BCUT2D eigenvalue weighted by Gasteiger charge is -2.30. The molecule has 1 saturated heterocycles. The fourth-order valence-electron chi connectivity index (χ4n) is 3.18. The van der Waals surface area contributed by atoms with Gasteiger partial charge >= 0.3 is 0 Å². The Kier molecular flexibility index (Phi) is 5.55. The summed E-state index contributed by atoms with van der Waals surface area (Å²) >= 11 is 5.96. The zero-order valence-electron chi connectivity index (χ0n) is 13.9. The summed E-state index contributed by atoms with van der Waals surface area (Å²) < 4.78 is 0. The third kappa shape index (κ3) is 4.70. The first-order chi connectivity index (χ1) is 12.0. The summed E-state index contributed by atoms with van der Waals surface area (Å²) in [5.41, 5.74) is 6.97. The molecule has 1 aromatic heterocycles. The molecule has 1 aliphatic heterocycles. The summed E-state index contributed by atoms with van der Waals surface area (Å²) in [4.78, 5) is 32.9. The molecule has 7 nitrogen and oxygen atoms in total. The number of carbonyl (C=O) groups is 2. The molecule has 1 aromatic carbocycles. The molecule has 0 saturated carbocycles. The number of nitrogens with zero attached hydrogens (tertiary/aromatic N) is 2. The third-order valence-corrected chi connectivity index (χ3v) is 4.73. The third-order valence-electron chi connectivity index (χ3n) is 4.49. The van der Waals surface area contributed by atoms with E-state index in [0.717, 1.165) is 42.8 Å². The Balaban J connectivity index is 1.44. The van der Waals surface area contributed by atoms with Crippen LogP contribution in [0.5, 0.6) is 0 Å². The smallest absolute Gasteiger partial charge is 0.231 e. The number of carbonyl (C=O) groups excluding carboxylic acids is 2. The van der Waals surface area contributed by atoms with E-state index in [1.807, 2.05) is 17.0 Å². The van der Waals surface area contributed by atoms with E-state index in [-0.39, 0.29) is 24.3 Å². The normalized spacial score (nSPS) is 16.2. The van der Waals surface area contributed by atoms with Gasteiger partial charge in [0, 0.05) is 23.9 Å². The van der Waals surface area contributed by atoms with Crippen molar-refractivity contribution in [3.8, 4) is 0 Å². The second kappa shape index (κ2) is 7.84. The SMILES string of the molecule is NC(=O)CN1CCC(C(=O)NCCc2nc3ccc(Cl)cc3[nH]2)CC1. The molecule has 0 unspecified atom stereocenters. The van der Waals surface area contributed by atoms with Gasteiger partial charge < -0.3 is 16.0 Å². The molecule has 0 bridgehead atoms. The molecule has 4 N–H and O–H groups in total. The summed E-state index contributed by atoms with van der Waals surface area (Å²) in [6.07, 6.45) is 2.14. The molecule has 1 fully saturated rings. The fraction of sp³-hybridized carbons (Fsp3) is 0.471. The minimum atomic E-state index is -0.324. The van der Waals surface area contributed by atoms with Crippen molar-refractivity contribution in [2.75, 3.05) is 26.2 Å². The predicted octanol–water partition coefficient (Wildman–Crippen LogP) is 1.07. The summed E-state index contributed by atoms with van der Waals surface area (Å²) in [7, 11) is 0. The highest BCUT2D eigenvalue weighted by molar-refractivity contribution is 6.31. The first-order valence-electron chi connectivity index (χ1n) is 8.44. The van der Waals surface area contributed by atoms with Crippen LogP contribution >= 0.6 is 11.6 Å². The van der Waals surface area contributed by atoms with Crippen LogP contribution in [0, 0.1) is 5.92 Å².